The van der Waals surface area contributed by atoms with Gasteiger partial charge in [0.2, 0.25) is 0 Å². The molecule has 0 unspecified atom stereocenters. The molecule has 0 bridgehead atoms. The van der Waals surface area contributed by atoms with Gasteiger partial charge in [-0.3, -0.25) is 0 Å². The van der Waals surface area contributed by atoms with Gasteiger partial charge in [0, 0.05) is 0 Å². The molecule has 1 heterocycles. The van der Waals surface area contributed by atoms with E-state index in [0.717, 1.165) is 6.20 Å². The summed E-state index contributed by atoms with van der Waals surface area (Å²) in [5.41, 5.74) is -0.440. The van der Waals surface area contributed by atoms with Crippen LogP contribution in [-0.2, 0) is 0 Å². The zero-order chi connectivity index (χ0) is 9.90. The fraction of sp³-hybridized carbons (Fsp3) is 0.444. The van der Waals surface area contributed by atoms with Crippen LogP contribution in [0.5, 0.6) is 0 Å². The summed E-state index contributed by atoms with van der Waals surface area (Å²) >= 11 is 0. The van der Waals surface area contributed by atoms with Gasteiger partial charge in [-0.05, 0) is 26.0 Å². The van der Waals surface area contributed by atoms with Crippen LogP contribution in [-0.4, -0.2) is 22.2 Å². The molecule has 0 amide bonds. The van der Waals surface area contributed by atoms with Crippen molar-refractivity contribution in [2.75, 3.05) is 11.9 Å². The minimum atomic E-state index is -0.440. The molecule has 72 valence electrons. The standard InChI is InChI=1S/C9H13FN2O/c1-9(2,6-13)12-8-4-3-7(10)5-11-8/h3-5,13H,6H2,1-2H3,(H,11,12). The number of hydrogen-bond donors (Lipinski definition) is 2. The third-order valence-corrected chi connectivity index (χ3v) is 1.59. The van der Waals surface area contributed by atoms with Crippen molar-refractivity contribution >= 4 is 5.82 Å². The molecule has 0 radical (unpaired) electrons. The minimum absolute atomic E-state index is 0.00788. The van der Waals surface area contributed by atoms with E-state index in [1.54, 1.807) is 0 Å². The van der Waals surface area contributed by atoms with Gasteiger partial charge in [-0.2, -0.15) is 0 Å². The number of aliphatic hydroxyl groups is 1. The molecule has 1 aromatic heterocycles. The van der Waals surface area contributed by atoms with Crippen LogP contribution in [0, 0.1) is 5.82 Å². The molecule has 0 saturated heterocycles. The molecule has 0 aromatic carbocycles. The lowest BCUT2D eigenvalue weighted by Crippen LogP contribution is -2.35. The van der Waals surface area contributed by atoms with Crippen molar-refractivity contribution in [1.29, 1.82) is 0 Å². The second kappa shape index (κ2) is 3.70. The largest absolute Gasteiger partial charge is 0.394 e. The lowest BCUT2D eigenvalue weighted by atomic mass is 10.1. The van der Waals surface area contributed by atoms with Gasteiger partial charge in [-0.25, -0.2) is 9.37 Å². The van der Waals surface area contributed by atoms with Gasteiger partial charge in [0.05, 0.1) is 18.3 Å². The van der Waals surface area contributed by atoms with E-state index in [2.05, 4.69) is 10.3 Å². The number of pyridine rings is 1. The van der Waals surface area contributed by atoms with E-state index in [-0.39, 0.29) is 12.4 Å². The molecule has 4 heteroatoms. The zero-order valence-corrected chi connectivity index (χ0v) is 7.71. The number of nitrogens with zero attached hydrogens (tertiary/aromatic N) is 1. The molecule has 2 N–H and O–H groups in total. The fourth-order valence-electron chi connectivity index (χ4n) is 0.836. The number of nitrogens with one attached hydrogen (secondary N) is 1. The normalized spacial score (nSPS) is 11.4. The van der Waals surface area contributed by atoms with Crippen LogP contribution in [0.2, 0.25) is 0 Å². The van der Waals surface area contributed by atoms with E-state index < -0.39 is 5.54 Å². The third-order valence-electron chi connectivity index (χ3n) is 1.59. The Morgan fingerprint density at radius 3 is 2.69 bits per heavy atom. The first-order valence-corrected chi connectivity index (χ1v) is 4.04. The maximum atomic E-state index is 12.5. The first kappa shape index (κ1) is 9.92. The number of hydrogen-bond acceptors (Lipinski definition) is 3. The third kappa shape index (κ3) is 2.99. The topological polar surface area (TPSA) is 45.1 Å². The molecule has 1 aromatic rings. The average molecular weight is 184 g/mol. The molecule has 3 nitrogen and oxygen atoms in total. The van der Waals surface area contributed by atoms with Crippen LogP contribution < -0.4 is 5.32 Å². The fourth-order valence-corrected chi connectivity index (χ4v) is 0.836. The lowest BCUT2D eigenvalue weighted by Gasteiger charge is -2.23. The van der Waals surface area contributed by atoms with Crippen LogP contribution >= 0.6 is 0 Å². The molecule has 0 aliphatic heterocycles. The van der Waals surface area contributed by atoms with Crippen molar-refractivity contribution in [1.82, 2.24) is 4.98 Å². The van der Waals surface area contributed by atoms with Crippen LogP contribution in [0.4, 0.5) is 10.2 Å². The molecule has 1 rings (SSSR count). The summed E-state index contributed by atoms with van der Waals surface area (Å²) in [6.07, 6.45) is 1.13. The summed E-state index contributed by atoms with van der Waals surface area (Å²) in [6, 6.07) is 2.86. The van der Waals surface area contributed by atoms with E-state index in [4.69, 9.17) is 5.11 Å². The van der Waals surface area contributed by atoms with Gasteiger partial charge in [0.15, 0.2) is 0 Å². The highest BCUT2D eigenvalue weighted by Gasteiger charge is 2.15. The predicted octanol–water partition coefficient (Wildman–Crippen LogP) is 1.40. The quantitative estimate of drug-likeness (QED) is 0.746. The van der Waals surface area contributed by atoms with Crippen molar-refractivity contribution < 1.29 is 9.50 Å². The van der Waals surface area contributed by atoms with E-state index in [9.17, 15) is 4.39 Å². The highest BCUT2D eigenvalue weighted by molar-refractivity contribution is 5.36. The molecule has 13 heavy (non-hydrogen) atoms. The Labute approximate surface area is 76.6 Å². The van der Waals surface area contributed by atoms with Crippen LogP contribution in [0.1, 0.15) is 13.8 Å². The van der Waals surface area contributed by atoms with Gasteiger partial charge in [-0.1, -0.05) is 0 Å². The minimum Gasteiger partial charge on any atom is -0.394 e. The van der Waals surface area contributed by atoms with E-state index >= 15 is 0 Å². The Kier molecular flexibility index (Phi) is 2.83. The number of aliphatic hydroxyl groups excluding tert-OH is 1. The molecule has 0 aliphatic rings. The lowest BCUT2D eigenvalue weighted by molar-refractivity contribution is 0.234. The molecule has 0 spiro atoms. The highest BCUT2D eigenvalue weighted by Crippen LogP contribution is 2.11. The summed E-state index contributed by atoms with van der Waals surface area (Å²) in [7, 11) is 0. The maximum Gasteiger partial charge on any atom is 0.141 e. The van der Waals surface area contributed by atoms with Gasteiger partial charge >= 0.3 is 0 Å². The van der Waals surface area contributed by atoms with Crippen LogP contribution in [0.3, 0.4) is 0 Å². The van der Waals surface area contributed by atoms with Crippen molar-refractivity contribution in [2.24, 2.45) is 0 Å². The number of halogens is 1. The van der Waals surface area contributed by atoms with Crippen LogP contribution in [0.25, 0.3) is 0 Å². The first-order chi connectivity index (χ1) is 6.03. The number of rotatable bonds is 3. The smallest absolute Gasteiger partial charge is 0.141 e. The Bertz CT molecular complexity index is 271. The van der Waals surface area contributed by atoms with Gasteiger partial charge in [0.1, 0.15) is 11.6 Å². The van der Waals surface area contributed by atoms with Gasteiger partial charge < -0.3 is 10.4 Å². The van der Waals surface area contributed by atoms with E-state index in [1.807, 2.05) is 13.8 Å². The van der Waals surface area contributed by atoms with Crippen molar-refractivity contribution in [3.8, 4) is 0 Å². The average Bonchev–Trinajstić information content (AvgIpc) is 2.09. The van der Waals surface area contributed by atoms with Gasteiger partial charge in [-0.15, -0.1) is 0 Å². The van der Waals surface area contributed by atoms with Crippen molar-refractivity contribution in [2.45, 2.75) is 19.4 Å². The Hall–Kier alpha value is -1.16. The molecule has 0 fully saturated rings. The van der Waals surface area contributed by atoms with Crippen molar-refractivity contribution in [3.05, 3.63) is 24.1 Å². The molecule has 0 aliphatic carbocycles. The SMILES string of the molecule is CC(C)(CO)Nc1ccc(F)cn1. The van der Waals surface area contributed by atoms with E-state index in [0.29, 0.717) is 5.82 Å². The van der Waals surface area contributed by atoms with Crippen molar-refractivity contribution in [3.63, 3.8) is 0 Å². The number of anilines is 1. The zero-order valence-electron chi connectivity index (χ0n) is 7.71. The molecule has 0 saturated carbocycles. The predicted molar refractivity (Wildman–Crippen MR) is 49.0 cm³/mol. The molecule has 0 atom stereocenters. The van der Waals surface area contributed by atoms with E-state index in [1.165, 1.54) is 12.1 Å². The Morgan fingerprint density at radius 1 is 1.54 bits per heavy atom. The molecular weight excluding hydrogens is 171 g/mol. The first-order valence-electron chi connectivity index (χ1n) is 4.04. The summed E-state index contributed by atoms with van der Waals surface area (Å²) in [5, 5.41) is 11.9. The maximum absolute atomic E-state index is 12.5. The monoisotopic (exact) mass is 184 g/mol. The Balaban J connectivity index is 2.69. The molecular formula is C9H13FN2O. The highest BCUT2D eigenvalue weighted by atomic mass is 19.1. The Morgan fingerprint density at radius 2 is 2.23 bits per heavy atom. The summed E-state index contributed by atoms with van der Waals surface area (Å²) in [6.45, 7) is 3.65. The number of aromatic nitrogens is 1. The van der Waals surface area contributed by atoms with Crippen LogP contribution in [0.15, 0.2) is 18.3 Å². The summed E-state index contributed by atoms with van der Waals surface area (Å²) in [5.74, 6) is 0.188. The summed E-state index contributed by atoms with van der Waals surface area (Å²) in [4.78, 5) is 3.81. The van der Waals surface area contributed by atoms with Gasteiger partial charge in [0.25, 0.3) is 0 Å². The second-order valence-electron chi connectivity index (χ2n) is 3.53. The second-order valence-corrected chi connectivity index (χ2v) is 3.53. The summed E-state index contributed by atoms with van der Waals surface area (Å²) < 4.78 is 12.5.